The molecule has 0 aromatic heterocycles. The molecular formula is C9H16N2. The molecule has 0 aromatic carbocycles. The van der Waals surface area contributed by atoms with Crippen LogP contribution in [0.1, 0.15) is 19.8 Å². The molecule has 1 aliphatic heterocycles. The smallest absolute Gasteiger partial charge is 0.0636 e. The van der Waals surface area contributed by atoms with Crippen molar-refractivity contribution in [2.45, 2.75) is 25.8 Å². The number of hydrogen-bond donors (Lipinski definition) is 1. The summed E-state index contributed by atoms with van der Waals surface area (Å²) >= 11 is 0. The van der Waals surface area contributed by atoms with Gasteiger partial charge in [0.15, 0.2) is 0 Å². The summed E-state index contributed by atoms with van der Waals surface area (Å²) < 4.78 is 0. The second-order valence-electron chi connectivity index (χ2n) is 3.09. The Kier molecular flexibility index (Phi) is 3.41. The highest BCUT2D eigenvalue weighted by Gasteiger charge is 2.08. The first-order valence-corrected chi connectivity index (χ1v) is 4.25. The van der Waals surface area contributed by atoms with Crippen LogP contribution in [0.3, 0.4) is 0 Å². The number of rotatable bonds is 1. The minimum Gasteiger partial charge on any atom is -0.318 e. The molecule has 1 fully saturated rings. The van der Waals surface area contributed by atoms with Crippen LogP contribution in [0.4, 0.5) is 0 Å². The predicted octanol–water partition coefficient (Wildman–Crippen LogP) is 0.433. The molecule has 2 N–H and O–H groups in total. The monoisotopic (exact) mass is 152 g/mol. The van der Waals surface area contributed by atoms with E-state index in [1.54, 1.807) is 0 Å². The molecule has 1 unspecified atom stereocenters. The summed E-state index contributed by atoms with van der Waals surface area (Å²) in [5.41, 5.74) is 5.49. The molecular weight excluding hydrogens is 136 g/mol. The zero-order valence-corrected chi connectivity index (χ0v) is 7.14. The van der Waals surface area contributed by atoms with E-state index in [0.29, 0.717) is 0 Å². The minimum atomic E-state index is 0.0256. The van der Waals surface area contributed by atoms with E-state index in [9.17, 15) is 0 Å². The number of hydrogen-bond acceptors (Lipinski definition) is 2. The Balaban J connectivity index is 2.16. The fourth-order valence-electron chi connectivity index (χ4n) is 1.26. The van der Waals surface area contributed by atoms with Crippen molar-refractivity contribution in [3.63, 3.8) is 0 Å². The first kappa shape index (κ1) is 8.58. The van der Waals surface area contributed by atoms with E-state index in [1.807, 2.05) is 6.92 Å². The summed E-state index contributed by atoms with van der Waals surface area (Å²) in [6.45, 7) is 5.25. The molecule has 0 aliphatic carbocycles. The second kappa shape index (κ2) is 4.38. The highest BCUT2D eigenvalue weighted by atomic mass is 15.1. The molecule has 0 radical (unpaired) electrons. The Morgan fingerprint density at radius 1 is 1.45 bits per heavy atom. The lowest BCUT2D eigenvalue weighted by Gasteiger charge is -2.08. The largest absolute Gasteiger partial charge is 0.318 e. The minimum absolute atomic E-state index is 0.0256. The van der Waals surface area contributed by atoms with E-state index in [-0.39, 0.29) is 6.04 Å². The average Bonchev–Trinajstić information content (AvgIpc) is 2.39. The van der Waals surface area contributed by atoms with Gasteiger partial charge >= 0.3 is 0 Å². The predicted molar refractivity (Wildman–Crippen MR) is 47.1 cm³/mol. The van der Waals surface area contributed by atoms with E-state index >= 15 is 0 Å². The summed E-state index contributed by atoms with van der Waals surface area (Å²) in [5.74, 6) is 6.04. The maximum absolute atomic E-state index is 5.49. The van der Waals surface area contributed by atoms with Crippen molar-refractivity contribution in [3.05, 3.63) is 0 Å². The average molecular weight is 152 g/mol. The topological polar surface area (TPSA) is 29.3 Å². The third kappa shape index (κ3) is 3.41. The van der Waals surface area contributed by atoms with Crippen molar-refractivity contribution in [3.8, 4) is 11.8 Å². The van der Waals surface area contributed by atoms with Crippen LogP contribution in [-0.2, 0) is 0 Å². The van der Waals surface area contributed by atoms with Gasteiger partial charge in [-0.3, -0.25) is 4.90 Å². The van der Waals surface area contributed by atoms with Gasteiger partial charge in [-0.1, -0.05) is 11.8 Å². The van der Waals surface area contributed by atoms with Crippen molar-refractivity contribution in [1.29, 1.82) is 0 Å². The number of nitrogens with zero attached hydrogens (tertiary/aromatic N) is 1. The van der Waals surface area contributed by atoms with Gasteiger partial charge in [0.25, 0.3) is 0 Å². The van der Waals surface area contributed by atoms with Gasteiger partial charge in [0.1, 0.15) is 0 Å². The number of likely N-dealkylation sites (tertiary alicyclic amines) is 1. The SMILES string of the molecule is CC(N)C#CCN1CCCC1. The van der Waals surface area contributed by atoms with Gasteiger partial charge in [-0.15, -0.1) is 0 Å². The first-order chi connectivity index (χ1) is 5.29. The van der Waals surface area contributed by atoms with Crippen LogP contribution in [0, 0.1) is 11.8 Å². The highest BCUT2D eigenvalue weighted by Crippen LogP contribution is 2.05. The molecule has 0 saturated carbocycles. The van der Waals surface area contributed by atoms with E-state index in [1.165, 1.54) is 25.9 Å². The van der Waals surface area contributed by atoms with Gasteiger partial charge < -0.3 is 5.73 Å². The summed E-state index contributed by atoms with van der Waals surface area (Å²) in [6, 6.07) is 0.0256. The summed E-state index contributed by atoms with van der Waals surface area (Å²) in [7, 11) is 0. The Hall–Kier alpha value is -0.520. The molecule has 0 bridgehead atoms. The molecule has 1 rings (SSSR count). The molecule has 0 amide bonds. The summed E-state index contributed by atoms with van der Waals surface area (Å²) in [4.78, 5) is 2.37. The zero-order valence-electron chi connectivity index (χ0n) is 7.14. The summed E-state index contributed by atoms with van der Waals surface area (Å²) in [6.07, 6.45) is 2.67. The van der Waals surface area contributed by atoms with Gasteiger partial charge in [0.2, 0.25) is 0 Å². The zero-order chi connectivity index (χ0) is 8.10. The van der Waals surface area contributed by atoms with Crippen molar-refractivity contribution in [1.82, 2.24) is 4.90 Å². The van der Waals surface area contributed by atoms with Crippen LogP contribution >= 0.6 is 0 Å². The molecule has 1 atom stereocenters. The van der Waals surface area contributed by atoms with Crippen LogP contribution < -0.4 is 5.73 Å². The Labute approximate surface area is 68.8 Å². The van der Waals surface area contributed by atoms with Crippen molar-refractivity contribution >= 4 is 0 Å². The van der Waals surface area contributed by atoms with Gasteiger partial charge in [0, 0.05) is 0 Å². The lowest BCUT2D eigenvalue weighted by atomic mass is 10.3. The first-order valence-electron chi connectivity index (χ1n) is 4.25. The van der Waals surface area contributed by atoms with Crippen LogP contribution in [0.15, 0.2) is 0 Å². The van der Waals surface area contributed by atoms with E-state index < -0.39 is 0 Å². The quantitative estimate of drug-likeness (QED) is 0.552. The van der Waals surface area contributed by atoms with Gasteiger partial charge in [0.05, 0.1) is 12.6 Å². The number of nitrogens with two attached hydrogens (primary N) is 1. The van der Waals surface area contributed by atoms with Gasteiger partial charge in [-0.05, 0) is 32.9 Å². The standard InChI is InChI=1S/C9H16N2/c1-9(10)5-4-8-11-6-2-3-7-11/h9H,2-3,6-8,10H2,1H3. The molecule has 2 nitrogen and oxygen atoms in total. The third-order valence-electron chi connectivity index (χ3n) is 1.83. The third-order valence-corrected chi connectivity index (χ3v) is 1.83. The lowest BCUT2D eigenvalue weighted by Crippen LogP contribution is -2.20. The Bertz CT molecular complexity index is 158. The van der Waals surface area contributed by atoms with Gasteiger partial charge in [-0.25, -0.2) is 0 Å². The van der Waals surface area contributed by atoms with Crippen molar-refractivity contribution in [2.24, 2.45) is 5.73 Å². The van der Waals surface area contributed by atoms with E-state index in [4.69, 9.17) is 5.73 Å². The molecule has 0 spiro atoms. The normalized spacial score (nSPS) is 20.9. The van der Waals surface area contributed by atoms with E-state index in [0.717, 1.165) is 6.54 Å². The Morgan fingerprint density at radius 2 is 2.09 bits per heavy atom. The van der Waals surface area contributed by atoms with Crippen LogP contribution in [0.5, 0.6) is 0 Å². The second-order valence-corrected chi connectivity index (χ2v) is 3.09. The van der Waals surface area contributed by atoms with Gasteiger partial charge in [-0.2, -0.15) is 0 Å². The Morgan fingerprint density at radius 3 is 2.64 bits per heavy atom. The lowest BCUT2D eigenvalue weighted by molar-refractivity contribution is 0.383. The van der Waals surface area contributed by atoms with Crippen molar-refractivity contribution < 1.29 is 0 Å². The molecule has 2 heteroatoms. The fourth-order valence-corrected chi connectivity index (χ4v) is 1.26. The molecule has 1 aliphatic rings. The maximum Gasteiger partial charge on any atom is 0.0636 e. The molecule has 0 aromatic rings. The fraction of sp³-hybridized carbons (Fsp3) is 0.778. The maximum atomic E-state index is 5.49. The molecule has 1 saturated heterocycles. The van der Waals surface area contributed by atoms with Crippen LogP contribution in [0.2, 0.25) is 0 Å². The van der Waals surface area contributed by atoms with Crippen LogP contribution in [0.25, 0.3) is 0 Å². The summed E-state index contributed by atoms with van der Waals surface area (Å²) in [5, 5.41) is 0. The molecule has 62 valence electrons. The van der Waals surface area contributed by atoms with Crippen LogP contribution in [-0.4, -0.2) is 30.6 Å². The van der Waals surface area contributed by atoms with E-state index in [2.05, 4.69) is 16.7 Å². The molecule has 11 heavy (non-hydrogen) atoms. The molecule has 1 heterocycles. The van der Waals surface area contributed by atoms with Crippen molar-refractivity contribution in [2.75, 3.05) is 19.6 Å². The highest BCUT2D eigenvalue weighted by molar-refractivity contribution is 5.06.